The van der Waals surface area contributed by atoms with Gasteiger partial charge in [-0.15, -0.1) is 0 Å². The molecule has 1 aliphatic rings. The molecule has 1 saturated heterocycles. The Bertz CT molecular complexity index is 470. The number of benzene rings is 1. The molecule has 108 valence electrons. The van der Waals surface area contributed by atoms with Crippen molar-refractivity contribution in [3.8, 4) is 0 Å². The summed E-state index contributed by atoms with van der Waals surface area (Å²) in [4.78, 5) is 15.3. The lowest BCUT2D eigenvalue weighted by molar-refractivity contribution is 0.208. The first-order valence-electron chi connectivity index (χ1n) is 7.14. The highest BCUT2D eigenvalue weighted by Crippen LogP contribution is 2.10. The third kappa shape index (κ3) is 4.38. The summed E-state index contributed by atoms with van der Waals surface area (Å²) in [5.74, 6) is 0. The molecule has 1 fully saturated rings. The number of hydrogen-bond donors (Lipinski definition) is 1. The lowest BCUT2D eigenvalue weighted by Gasteiger charge is -2.21. The molecule has 4 heteroatoms. The largest absolute Gasteiger partial charge is 0.351 e. The van der Waals surface area contributed by atoms with Crippen molar-refractivity contribution in [3.05, 3.63) is 41.5 Å². The van der Waals surface area contributed by atoms with Crippen molar-refractivity contribution >= 4 is 12.1 Å². The maximum atomic E-state index is 11.2. The topological polar surface area (TPSA) is 49.6 Å². The van der Waals surface area contributed by atoms with Gasteiger partial charge in [-0.25, -0.2) is 4.79 Å². The van der Waals surface area contributed by atoms with Crippen LogP contribution in [0.4, 0.5) is 4.79 Å². The number of carbonyl (C=O) groups excluding carboxylic acids is 1. The van der Waals surface area contributed by atoms with Gasteiger partial charge in [-0.05, 0) is 18.9 Å². The fourth-order valence-corrected chi connectivity index (χ4v) is 2.58. The quantitative estimate of drug-likeness (QED) is 0.917. The van der Waals surface area contributed by atoms with Crippen LogP contribution in [0.15, 0.2) is 35.9 Å². The van der Waals surface area contributed by atoms with Gasteiger partial charge in [0.25, 0.3) is 0 Å². The molecule has 1 aromatic rings. The Morgan fingerprint density at radius 1 is 1.20 bits per heavy atom. The minimum Gasteiger partial charge on any atom is -0.351 e. The highest BCUT2D eigenvalue weighted by atomic mass is 16.2. The predicted molar refractivity (Wildman–Crippen MR) is 82.3 cm³/mol. The van der Waals surface area contributed by atoms with Crippen LogP contribution in [-0.4, -0.2) is 48.6 Å². The Balaban J connectivity index is 1.90. The molecule has 1 aliphatic heterocycles. The molecule has 0 atom stereocenters. The van der Waals surface area contributed by atoms with E-state index in [0.717, 1.165) is 39.1 Å². The van der Waals surface area contributed by atoms with Gasteiger partial charge in [0.05, 0.1) is 0 Å². The highest BCUT2D eigenvalue weighted by Gasteiger charge is 2.16. The van der Waals surface area contributed by atoms with Gasteiger partial charge in [-0.2, -0.15) is 0 Å². The van der Waals surface area contributed by atoms with E-state index in [1.165, 1.54) is 11.1 Å². The second-order valence-electron chi connectivity index (χ2n) is 5.36. The van der Waals surface area contributed by atoms with Crippen molar-refractivity contribution in [3.63, 3.8) is 0 Å². The van der Waals surface area contributed by atoms with Gasteiger partial charge in [-0.1, -0.05) is 42.0 Å². The number of rotatable bonds is 3. The van der Waals surface area contributed by atoms with Gasteiger partial charge < -0.3 is 10.6 Å². The van der Waals surface area contributed by atoms with Crippen LogP contribution in [0, 0.1) is 0 Å². The smallest absolute Gasteiger partial charge is 0.314 e. The summed E-state index contributed by atoms with van der Waals surface area (Å²) in [7, 11) is 0. The summed E-state index contributed by atoms with van der Waals surface area (Å²) in [5.41, 5.74) is 7.91. The molecule has 1 heterocycles. The van der Waals surface area contributed by atoms with Crippen molar-refractivity contribution < 1.29 is 4.79 Å². The van der Waals surface area contributed by atoms with Crippen LogP contribution in [0.3, 0.4) is 0 Å². The minimum atomic E-state index is -0.302. The zero-order valence-corrected chi connectivity index (χ0v) is 12.1. The van der Waals surface area contributed by atoms with Gasteiger partial charge in [-0.3, -0.25) is 4.90 Å². The average Bonchev–Trinajstić information content (AvgIpc) is 2.65. The second-order valence-corrected chi connectivity index (χ2v) is 5.36. The number of carbonyl (C=O) groups is 1. The molecule has 0 bridgehead atoms. The van der Waals surface area contributed by atoms with E-state index in [1.807, 2.05) is 6.07 Å². The van der Waals surface area contributed by atoms with E-state index >= 15 is 0 Å². The van der Waals surface area contributed by atoms with Crippen LogP contribution >= 0.6 is 0 Å². The van der Waals surface area contributed by atoms with E-state index in [4.69, 9.17) is 5.73 Å². The van der Waals surface area contributed by atoms with Gasteiger partial charge in [0.2, 0.25) is 0 Å². The van der Waals surface area contributed by atoms with Crippen LogP contribution in [0.25, 0.3) is 6.08 Å². The van der Waals surface area contributed by atoms with E-state index in [9.17, 15) is 4.79 Å². The molecule has 0 unspecified atom stereocenters. The van der Waals surface area contributed by atoms with E-state index in [-0.39, 0.29) is 6.03 Å². The molecule has 2 amide bonds. The molecule has 0 aliphatic carbocycles. The Morgan fingerprint density at radius 2 is 1.95 bits per heavy atom. The zero-order chi connectivity index (χ0) is 14.4. The standard InChI is InChI=1S/C16H23N3O/c1-14(12-15-6-3-2-4-7-15)13-18-8-5-9-19(11-10-18)16(17)20/h2-4,6-7,12H,5,8-11,13H2,1H3,(H2,17,20)/b14-12+. The minimum absolute atomic E-state index is 0.302. The first-order chi connectivity index (χ1) is 9.65. The van der Waals surface area contributed by atoms with Crippen LogP contribution < -0.4 is 5.73 Å². The van der Waals surface area contributed by atoms with Crippen LogP contribution in [0.5, 0.6) is 0 Å². The van der Waals surface area contributed by atoms with E-state index in [0.29, 0.717) is 0 Å². The summed E-state index contributed by atoms with van der Waals surface area (Å²) in [6.07, 6.45) is 3.21. The predicted octanol–water partition coefficient (Wildman–Crippen LogP) is 2.18. The van der Waals surface area contributed by atoms with E-state index in [1.54, 1.807) is 4.90 Å². The van der Waals surface area contributed by atoms with Crippen molar-refractivity contribution in [2.45, 2.75) is 13.3 Å². The molecule has 2 N–H and O–H groups in total. The fraction of sp³-hybridized carbons (Fsp3) is 0.438. The number of nitrogens with zero attached hydrogens (tertiary/aromatic N) is 2. The van der Waals surface area contributed by atoms with Gasteiger partial charge >= 0.3 is 6.03 Å². The van der Waals surface area contributed by atoms with E-state index < -0.39 is 0 Å². The summed E-state index contributed by atoms with van der Waals surface area (Å²) in [5, 5.41) is 0. The number of hydrogen-bond acceptors (Lipinski definition) is 2. The first-order valence-corrected chi connectivity index (χ1v) is 7.14. The molecule has 4 nitrogen and oxygen atoms in total. The van der Waals surface area contributed by atoms with Gasteiger partial charge in [0, 0.05) is 32.7 Å². The Morgan fingerprint density at radius 3 is 2.65 bits per heavy atom. The maximum absolute atomic E-state index is 11.2. The molecule has 2 rings (SSSR count). The normalized spacial score (nSPS) is 17.9. The summed E-state index contributed by atoms with van der Waals surface area (Å²) < 4.78 is 0. The molecule has 20 heavy (non-hydrogen) atoms. The lowest BCUT2D eigenvalue weighted by Crippen LogP contribution is -2.38. The van der Waals surface area contributed by atoms with Crippen molar-refractivity contribution in [1.82, 2.24) is 9.80 Å². The Kier molecular flexibility index (Phi) is 5.18. The molecule has 1 aromatic carbocycles. The SMILES string of the molecule is C/C(=C\c1ccccc1)CN1CCCN(C(N)=O)CC1. The van der Waals surface area contributed by atoms with Crippen molar-refractivity contribution in [1.29, 1.82) is 0 Å². The molecule has 0 saturated carbocycles. The highest BCUT2D eigenvalue weighted by molar-refractivity contribution is 5.71. The molecule has 0 aromatic heterocycles. The summed E-state index contributed by atoms with van der Waals surface area (Å²) >= 11 is 0. The monoisotopic (exact) mass is 273 g/mol. The molecule has 0 radical (unpaired) electrons. The molecular formula is C16H23N3O. The van der Waals surface area contributed by atoms with Crippen molar-refractivity contribution in [2.24, 2.45) is 5.73 Å². The van der Waals surface area contributed by atoms with Gasteiger partial charge in [0.1, 0.15) is 0 Å². The summed E-state index contributed by atoms with van der Waals surface area (Å²) in [6.45, 7) is 6.51. The molecular weight excluding hydrogens is 250 g/mol. The number of urea groups is 1. The number of primary amides is 1. The van der Waals surface area contributed by atoms with E-state index in [2.05, 4.69) is 42.2 Å². The maximum Gasteiger partial charge on any atom is 0.314 e. The Labute approximate surface area is 120 Å². The van der Waals surface area contributed by atoms with Crippen LogP contribution in [0.2, 0.25) is 0 Å². The average molecular weight is 273 g/mol. The van der Waals surface area contributed by atoms with Gasteiger partial charge in [0.15, 0.2) is 0 Å². The Hall–Kier alpha value is -1.81. The first kappa shape index (κ1) is 14.6. The third-order valence-electron chi connectivity index (χ3n) is 3.59. The third-order valence-corrected chi connectivity index (χ3v) is 3.59. The number of nitrogens with two attached hydrogens (primary N) is 1. The second kappa shape index (κ2) is 7.10. The zero-order valence-electron chi connectivity index (χ0n) is 12.1. The van der Waals surface area contributed by atoms with Crippen molar-refractivity contribution in [2.75, 3.05) is 32.7 Å². The summed E-state index contributed by atoms with van der Waals surface area (Å²) in [6, 6.07) is 10.1. The molecule has 0 spiro atoms. The lowest BCUT2D eigenvalue weighted by atomic mass is 10.1. The number of amides is 2. The van der Waals surface area contributed by atoms with Crippen LogP contribution in [-0.2, 0) is 0 Å². The van der Waals surface area contributed by atoms with Crippen LogP contribution in [0.1, 0.15) is 18.9 Å². The fourth-order valence-electron chi connectivity index (χ4n) is 2.58.